The number of nitrogens with one attached hydrogen (secondary N) is 1. The van der Waals surface area contributed by atoms with Gasteiger partial charge in [-0.1, -0.05) is 19.1 Å². The summed E-state index contributed by atoms with van der Waals surface area (Å²) in [5, 5.41) is 5.82. The Morgan fingerprint density at radius 1 is 1.19 bits per heavy atom. The normalized spacial score (nSPS) is 12.6. The molecule has 4 heteroatoms. The predicted molar refractivity (Wildman–Crippen MR) is 94.4 cm³/mol. The molecule has 0 spiro atoms. The molecule has 1 unspecified atom stereocenters. The van der Waals surface area contributed by atoms with E-state index >= 15 is 0 Å². The van der Waals surface area contributed by atoms with Crippen molar-refractivity contribution in [1.29, 1.82) is 0 Å². The number of ether oxygens (including phenoxy) is 1. The van der Waals surface area contributed by atoms with E-state index < -0.39 is 0 Å². The van der Waals surface area contributed by atoms with E-state index in [0.717, 1.165) is 18.7 Å². The van der Waals surface area contributed by atoms with Crippen molar-refractivity contribution < 1.29 is 4.74 Å². The number of hydrogen-bond donors (Lipinski definition) is 1. The van der Waals surface area contributed by atoms with Crippen molar-refractivity contribution in [3.8, 4) is 5.75 Å². The molecule has 0 bridgehead atoms. The van der Waals surface area contributed by atoms with Crippen molar-refractivity contribution in [2.75, 3.05) is 6.54 Å². The van der Waals surface area contributed by atoms with E-state index in [9.17, 15) is 0 Å². The van der Waals surface area contributed by atoms with Gasteiger partial charge in [0.25, 0.3) is 0 Å². The lowest BCUT2D eigenvalue weighted by atomic mass is 10.0. The van der Waals surface area contributed by atoms with Gasteiger partial charge in [0.05, 0.1) is 15.9 Å². The van der Waals surface area contributed by atoms with Crippen molar-refractivity contribution >= 4 is 27.3 Å². The minimum Gasteiger partial charge on any atom is -0.491 e. The minimum atomic E-state index is 0.206. The zero-order valence-electron chi connectivity index (χ0n) is 12.7. The largest absolute Gasteiger partial charge is 0.491 e. The average molecular weight is 368 g/mol. The Morgan fingerprint density at radius 2 is 1.90 bits per heavy atom. The molecule has 0 fully saturated rings. The van der Waals surface area contributed by atoms with E-state index in [4.69, 9.17) is 4.74 Å². The molecule has 2 aromatic rings. The molecular weight excluding hydrogens is 346 g/mol. The van der Waals surface area contributed by atoms with Gasteiger partial charge in [-0.25, -0.2) is 0 Å². The van der Waals surface area contributed by atoms with Crippen molar-refractivity contribution in [3.05, 3.63) is 50.6 Å². The van der Waals surface area contributed by atoms with E-state index in [2.05, 4.69) is 63.9 Å². The fourth-order valence-electron chi connectivity index (χ4n) is 2.20. The third-order valence-corrected chi connectivity index (χ3v) is 4.63. The van der Waals surface area contributed by atoms with Gasteiger partial charge in [0, 0.05) is 0 Å². The minimum absolute atomic E-state index is 0.206. The van der Waals surface area contributed by atoms with Gasteiger partial charge < -0.3 is 10.1 Å². The third-order valence-electron chi connectivity index (χ3n) is 3.10. The molecule has 21 heavy (non-hydrogen) atoms. The van der Waals surface area contributed by atoms with Crippen LogP contribution in [0.2, 0.25) is 0 Å². The molecule has 1 N–H and O–H groups in total. The van der Waals surface area contributed by atoms with Crippen LogP contribution < -0.4 is 10.1 Å². The zero-order chi connectivity index (χ0) is 15.2. The van der Waals surface area contributed by atoms with Crippen LogP contribution in [0.5, 0.6) is 5.75 Å². The summed E-state index contributed by atoms with van der Waals surface area (Å²) in [5.41, 5.74) is 2.57. The Kier molecular flexibility index (Phi) is 6.27. The SMILES string of the molecule is CCCNC(c1ccc(OC(C)C)cc1)c1csc(Br)c1. The average Bonchev–Trinajstić information content (AvgIpc) is 2.87. The van der Waals surface area contributed by atoms with E-state index in [1.165, 1.54) is 14.9 Å². The van der Waals surface area contributed by atoms with Gasteiger partial charge in [-0.05, 0) is 77.4 Å². The molecule has 2 rings (SSSR count). The van der Waals surface area contributed by atoms with Crippen molar-refractivity contribution in [1.82, 2.24) is 5.32 Å². The molecule has 0 amide bonds. The first-order valence-electron chi connectivity index (χ1n) is 7.34. The van der Waals surface area contributed by atoms with Gasteiger partial charge in [-0.3, -0.25) is 0 Å². The molecule has 1 aromatic carbocycles. The molecule has 0 saturated carbocycles. The van der Waals surface area contributed by atoms with Crippen LogP contribution in [-0.4, -0.2) is 12.6 Å². The fraction of sp³-hybridized carbons (Fsp3) is 0.412. The Hall–Kier alpha value is -0.840. The summed E-state index contributed by atoms with van der Waals surface area (Å²) in [5.74, 6) is 0.925. The lowest BCUT2D eigenvalue weighted by molar-refractivity contribution is 0.242. The molecule has 0 radical (unpaired) electrons. The predicted octanol–water partition coefficient (Wildman–Crippen LogP) is 5.39. The van der Waals surface area contributed by atoms with Crippen LogP contribution in [0.1, 0.15) is 44.4 Å². The molecule has 1 atom stereocenters. The number of rotatable bonds is 7. The quantitative estimate of drug-likeness (QED) is 0.708. The highest BCUT2D eigenvalue weighted by molar-refractivity contribution is 9.11. The van der Waals surface area contributed by atoms with Crippen LogP contribution in [-0.2, 0) is 0 Å². The third kappa shape index (κ3) is 4.83. The molecule has 114 valence electrons. The van der Waals surface area contributed by atoms with Crippen LogP contribution >= 0.6 is 27.3 Å². The fourth-order valence-corrected chi connectivity index (χ4v) is 3.40. The van der Waals surface area contributed by atoms with Gasteiger partial charge in [-0.15, -0.1) is 11.3 Å². The molecule has 2 nitrogen and oxygen atoms in total. The van der Waals surface area contributed by atoms with Crippen LogP contribution in [0.4, 0.5) is 0 Å². The second-order valence-corrected chi connectivity index (χ2v) is 7.60. The van der Waals surface area contributed by atoms with Gasteiger partial charge >= 0.3 is 0 Å². The molecule has 0 aliphatic heterocycles. The highest BCUT2D eigenvalue weighted by atomic mass is 79.9. The van der Waals surface area contributed by atoms with Gasteiger partial charge in [0.1, 0.15) is 5.75 Å². The van der Waals surface area contributed by atoms with Crippen LogP contribution in [0.25, 0.3) is 0 Å². The maximum Gasteiger partial charge on any atom is 0.119 e. The van der Waals surface area contributed by atoms with E-state index in [-0.39, 0.29) is 12.1 Å². The van der Waals surface area contributed by atoms with Crippen molar-refractivity contribution in [2.45, 2.75) is 39.3 Å². The molecule has 0 aliphatic carbocycles. The first-order chi connectivity index (χ1) is 10.1. The molecule has 0 aliphatic rings. The Labute approximate surface area is 139 Å². The number of halogens is 1. The van der Waals surface area contributed by atoms with Gasteiger partial charge in [0.15, 0.2) is 0 Å². The smallest absolute Gasteiger partial charge is 0.119 e. The monoisotopic (exact) mass is 367 g/mol. The second-order valence-electron chi connectivity index (χ2n) is 5.31. The molecule has 1 aromatic heterocycles. The van der Waals surface area contributed by atoms with E-state index in [0.29, 0.717) is 0 Å². The van der Waals surface area contributed by atoms with E-state index in [1.807, 2.05) is 13.8 Å². The Balaban J connectivity index is 2.20. The highest BCUT2D eigenvalue weighted by Gasteiger charge is 2.15. The second kappa shape index (κ2) is 7.97. The molecular formula is C17H22BrNOS. The molecule has 0 saturated heterocycles. The summed E-state index contributed by atoms with van der Waals surface area (Å²) < 4.78 is 6.88. The maximum atomic E-state index is 5.71. The van der Waals surface area contributed by atoms with Crippen molar-refractivity contribution in [2.24, 2.45) is 0 Å². The van der Waals surface area contributed by atoms with Crippen LogP contribution in [0.3, 0.4) is 0 Å². The first-order valence-corrected chi connectivity index (χ1v) is 9.01. The number of thiophene rings is 1. The zero-order valence-corrected chi connectivity index (χ0v) is 15.1. The number of hydrogen-bond acceptors (Lipinski definition) is 3. The highest BCUT2D eigenvalue weighted by Crippen LogP contribution is 2.30. The first kappa shape index (κ1) is 16.5. The Bertz CT molecular complexity index is 550. The van der Waals surface area contributed by atoms with Gasteiger partial charge in [-0.2, -0.15) is 0 Å². The lowest BCUT2D eigenvalue weighted by Gasteiger charge is -2.19. The summed E-state index contributed by atoms with van der Waals surface area (Å²) in [4.78, 5) is 0. The van der Waals surface area contributed by atoms with E-state index in [1.54, 1.807) is 11.3 Å². The lowest BCUT2D eigenvalue weighted by Crippen LogP contribution is -2.22. The summed E-state index contributed by atoms with van der Waals surface area (Å²) in [6.07, 6.45) is 1.33. The maximum absolute atomic E-state index is 5.71. The van der Waals surface area contributed by atoms with Crippen LogP contribution in [0.15, 0.2) is 39.5 Å². The summed E-state index contributed by atoms with van der Waals surface area (Å²) in [6, 6.07) is 10.8. The topological polar surface area (TPSA) is 21.3 Å². The Morgan fingerprint density at radius 3 is 2.43 bits per heavy atom. The standard InChI is InChI=1S/C17H22BrNOS/c1-4-9-19-17(14-10-16(18)21-11-14)13-5-7-15(8-6-13)20-12(2)3/h5-8,10-12,17,19H,4,9H2,1-3H3. The van der Waals surface area contributed by atoms with Gasteiger partial charge in [0.2, 0.25) is 0 Å². The number of benzene rings is 1. The molecule has 1 heterocycles. The summed E-state index contributed by atoms with van der Waals surface area (Å²) >= 11 is 5.28. The van der Waals surface area contributed by atoms with Crippen molar-refractivity contribution in [3.63, 3.8) is 0 Å². The van der Waals surface area contributed by atoms with Crippen LogP contribution in [0, 0.1) is 0 Å². The summed E-state index contributed by atoms with van der Waals surface area (Å²) in [7, 11) is 0. The summed E-state index contributed by atoms with van der Waals surface area (Å²) in [6.45, 7) is 7.28.